The SMILES string of the molecule is C#CCOc1ccc([C@@H](C[N+](=O)[O-])Sc2nnc(C)n2-c2ccc(OCC)cc2)cc1Cl. The molecule has 1 aromatic heterocycles. The highest BCUT2D eigenvalue weighted by atomic mass is 35.5. The van der Waals surface area contributed by atoms with Crippen LogP contribution in [0.1, 0.15) is 23.6 Å². The molecular formula is C22H21ClN4O4S. The van der Waals surface area contributed by atoms with Crippen LogP contribution in [0.3, 0.4) is 0 Å². The third kappa shape index (κ3) is 5.72. The predicted molar refractivity (Wildman–Crippen MR) is 124 cm³/mol. The van der Waals surface area contributed by atoms with E-state index >= 15 is 0 Å². The molecular weight excluding hydrogens is 452 g/mol. The highest BCUT2D eigenvalue weighted by Gasteiger charge is 2.24. The van der Waals surface area contributed by atoms with Gasteiger partial charge in [0.25, 0.3) is 0 Å². The van der Waals surface area contributed by atoms with Crippen molar-refractivity contribution in [2.45, 2.75) is 24.3 Å². The van der Waals surface area contributed by atoms with E-state index in [0.29, 0.717) is 33.9 Å². The molecule has 0 fully saturated rings. The fourth-order valence-corrected chi connectivity index (χ4v) is 4.41. The molecule has 3 rings (SSSR count). The van der Waals surface area contributed by atoms with Gasteiger partial charge in [0.15, 0.2) is 5.16 Å². The third-order valence-electron chi connectivity index (χ3n) is 4.40. The quantitative estimate of drug-likeness (QED) is 0.182. The molecule has 8 nitrogen and oxygen atoms in total. The first-order valence-electron chi connectivity index (χ1n) is 9.72. The zero-order valence-corrected chi connectivity index (χ0v) is 19.1. The number of aryl methyl sites for hydroxylation is 1. The molecule has 0 amide bonds. The van der Waals surface area contributed by atoms with Crippen molar-refractivity contribution in [1.29, 1.82) is 0 Å². The number of benzene rings is 2. The van der Waals surface area contributed by atoms with Crippen LogP contribution in [0.2, 0.25) is 5.02 Å². The van der Waals surface area contributed by atoms with Gasteiger partial charge in [0.2, 0.25) is 6.54 Å². The molecule has 0 bridgehead atoms. The summed E-state index contributed by atoms with van der Waals surface area (Å²) in [6, 6.07) is 12.5. The van der Waals surface area contributed by atoms with Crippen LogP contribution in [0.25, 0.3) is 5.69 Å². The van der Waals surface area contributed by atoms with Crippen LogP contribution < -0.4 is 9.47 Å². The molecule has 1 atom stereocenters. The van der Waals surface area contributed by atoms with E-state index in [9.17, 15) is 10.1 Å². The number of ether oxygens (including phenoxy) is 2. The summed E-state index contributed by atoms with van der Waals surface area (Å²) < 4.78 is 12.7. The van der Waals surface area contributed by atoms with Crippen molar-refractivity contribution in [3.05, 3.63) is 69.0 Å². The summed E-state index contributed by atoms with van der Waals surface area (Å²) in [6.07, 6.45) is 5.21. The average molecular weight is 473 g/mol. The number of hydrogen-bond donors (Lipinski definition) is 0. The number of nitrogens with zero attached hydrogens (tertiary/aromatic N) is 4. The van der Waals surface area contributed by atoms with Crippen molar-refractivity contribution in [1.82, 2.24) is 14.8 Å². The molecule has 0 aliphatic heterocycles. The van der Waals surface area contributed by atoms with Gasteiger partial charge in [0.1, 0.15) is 29.2 Å². The topological polar surface area (TPSA) is 92.3 Å². The Labute approximate surface area is 195 Å². The largest absolute Gasteiger partial charge is 0.494 e. The fraction of sp³-hybridized carbons (Fsp3) is 0.273. The van der Waals surface area contributed by atoms with Gasteiger partial charge in [-0.05, 0) is 55.8 Å². The Balaban J connectivity index is 1.91. The summed E-state index contributed by atoms with van der Waals surface area (Å²) in [5, 5.41) is 20.1. The van der Waals surface area contributed by atoms with Crippen molar-refractivity contribution in [2.75, 3.05) is 19.8 Å². The fourth-order valence-electron chi connectivity index (χ4n) is 3.00. The third-order valence-corrected chi connectivity index (χ3v) is 5.88. The summed E-state index contributed by atoms with van der Waals surface area (Å²) in [5.41, 5.74) is 1.50. The highest BCUT2D eigenvalue weighted by Crippen LogP contribution is 2.38. The molecule has 0 unspecified atom stereocenters. The van der Waals surface area contributed by atoms with Crippen molar-refractivity contribution >= 4 is 23.4 Å². The van der Waals surface area contributed by atoms with Crippen LogP contribution in [0, 0.1) is 29.4 Å². The number of hydrogen-bond acceptors (Lipinski definition) is 7. The van der Waals surface area contributed by atoms with Gasteiger partial charge < -0.3 is 9.47 Å². The molecule has 0 spiro atoms. The monoisotopic (exact) mass is 472 g/mol. The van der Waals surface area contributed by atoms with E-state index in [-0.39, 0.29) is 18.1 Å². The van der Waals surface area contributed by atoms with Crippen LogP contribution in [0.5, 0.6) is 11.5 Å². The van der Waals surface area contributed by atoms with E-state index in [2.05, 4.69) is 16.1 Å². The van der Waals surface area contributed by atoms with Gasteiger partial charge in [-0.15, -0.1) is 16.6 Å². The van der Waals surface area contributed by atoms with Crippen molar-refractivity contribution < 1.29 is 14.4 Å². The lowest BCUT2D eigenvalue weighted by Crippen LogP contribution is -2.11. The normalized spacial score (nSPS) is 11.6. The summed E-state index contributed by atoms with van der Waals surface area (Å²) in [4.78, 5) is 11.0. The zero-order valence-electron chi connectivity index (χ0n) is 17.5. The molecule has 0 saturated carbocycles. The number of halogens is 1. The van der Waals surface area contributed by atoms with Gasteiger partial charge in [0.05, 0.1) is 11.6 Å². The predicted octanol–water partition coefficient (Wildman–Crippen LogP) is 4.75. The van der Waals surface area contributed by atoms with Crippen molar-refractivity contribution in [2.24, 2.45) is 0 Å². The summed E-state index contributed by atoms with van der Waals surface area (Å²) >= 11 is 7.55. The lowest BCUT2D eigenvalue weighted by Gasteiger charge is -2.15. The second-order valence-electron chi connectivity index (χ2n) is 6.60. The van der Waals surface area contributed by atoms with Gasteiger partial charge in [-0.25, -0.2) is 0 Å². The molecule has 0 radical (unpaired) electrons. The van der Waals surface area contributed by atoms with E-state index in [1.165, 1.54) is 11.8 Å². The lowest BCUT2D eigenvalue weighted by atomic mass is 10.1. The number of aromatic nitrogens is 3. The average Bonchev–Trinajstić information content (AvgIpc) is 3.13. The zero-order chi connectivity index (χ0) is 23.1. The second-order valence-corrected chi connectivity index (χ2v) is 8.17. The van der Waals surface area contributed by atoms with Gasteiger partial charge in [0, 0.05) is 10.6 Å². The van der Waals surface area contributed by atoms with Gasteiger partial charge in [-0.2, -0.15) is 0 Å². The van der Waals surface area contributed by atoms with Crippen molar-refractivity contribution in [3.63, 3.8) is 0 Å². The van der Waals surface area contributed by atoms with E-state index in [1.54, 1.807) is 18.2 Å². The van der Waals surface area contributed by atoms with E-state index in [4.69, 9.17) is 27.5 Å². The Morgan fingerprint density at radius 2 is 2.00 bits per heavy atom. The maximum absolute atomic E-state index is 11.4. The Bertz CT molecular complexity index is 1130. The molecule has 0 N–H and O–H groups in total. The lowest BCUT2D eigenvalue weighted by molar-refractivity contribution is -0.479. The Kier molecular flexibility index (Phi) is 7.98. The molecule has 3 aromatic rings. The first-order chi connectivity index (χ1) is 15.4. The minimum Gasteiger partial charge on any atom is -0.494 e. The Morgan fingerprint density at radius 3 is 2.62 bits per heavy atom. The van der Waals surface area contributed by atoms with Crippen LogP contribution >= 0.6 is 23.4 Å². The highest BCUT2D eigenvalue weighted by molar-refractivity contribution is 7.99. The van der Waals surface area contributed by atoms with Crippen molar-refractivity contribution in [3.8, 4) is 29.5 Å². The van der Waals surface area contributed by atoms with E-state index in [1.807, 2.05) is 42.7 Å². The minimum atomic E-state index is -0.547. The van der Waals surface area contributed by atoms with Crippen LogP contribution in [-0.2, 0) is 0 Å². The summed E-state index contributed by atoms with van der Waals surface area (Å²) in [5.74, 6) is 4.21. The summed E-state index contributed by atoms with van der Waals surface area (Å²) in [7, 11) is 0. The number of thioether (sulfide) groups is 1. The van der Waals surface area contributed by atoms with Gasteiger partial charge in [-0.1, -0.05) is 35.3 Å². The second kappa shape index (κ2) is 10.9. The Hall–Kier alpha value is -3.22. The maximum Gasteiger partial charge on any atom is 0.220 e. The van der Waals surface area contributed by atoms with Crippen LogP contribution in [0.15, 0.2) is 47.6 Å². The molecule has 166 valence electrons. The Morgan fingerprint density at radius 1 is 1.25 bits per heavy atom. The first kappa shape index (κ1) is 23.4. The molecule has 1 heterocycles. The number of terminal acetylenes is 1. The smallest absolute Gasteiger partial charge is 0.220 e. The summed E-state index contributed by atoms with van der Waals surface area (Å²) in [6.45, 7) is 4.08. The van der Waals surface area contributed by atoms with E-state index < -0.39 is 5.25 Å². The molecule has 2 aromatic carbocycles. The molecule has 32 heavy (non-hydrogen) atoms. The van der Waals surface area contributed by atoms with Gasteiger partial charge in [-0.3, -0.25) is 14.7 Å². The maximum atomic E-state index is 11.4. The molecule has 10 heteroatoms. The van der Waals surface area contributed by atoms with Gasteiger partial charge >= 0.3 is 0 Å². The number of nitro groups is 1. The number of rotatable bonds is 10. The van der Waals surface area contributed by atoms with Crippen LogP contribution in [0.4, 0.5) is 0 Å². The standard InChI is InChI=1S/C22H21ClN4O4S/c1-4-12-31-20-11-6-16(13-19(20)23)21(14-26(28)29)32-22-25-24-15(3)27(22)17-7-9-18(10-8-17)30-5-2/h1,6-11,13,21H,5,12,14H2,2-3H3/t21-/m1/s1. The minimum absolute atomic E-state index is 0.0800. The molecule has 0 aliphatic carbocycles. The first-order valence-corrected chi connectivity index (χ1v) is 11.0. The van der Waals surface area contributed by atoms with E-state index in [0.717, 1.165) is 11.4 Å². The molecule has 0 aliphatic rings. The van der Waals surface area contributed by atoms with Crippen LogP contribution in [-0.4, -0.2) is 39.4 Å². The molecule has 0 saturated heterocycles.